The normalized spacial score (nSPS) is 17.9. The summed E-state index contributed by atoms with van der Waals surface area (Å²) in [6, 6.07) is 7.27. The number of carbonyl (C=O) groups is 1. The Hall–Kier alpha value is -2.28. The van der Waals surface area contributed by atoms with E-state index in [1.54, 1.807) is 23.9 Å². The number of hydrogen-bond acceptors (Lipinski definition) is 5. The Labute approximate surface area is 122 Å². The maximum atomic E-state index is 12.2. The van der Waals surface area contributed by atoms with Crippen molar-refractivity contribution in [3.05, 3.63) is 29.8 Å². The third-order valence-corrected chi connectivity index (χ3v) is 3.52. The lowest BCUT2D eigenvalue weighted by molar-refractivity contribution is 0.0858. The highest BCUT2D eigenvalue weighted by molar-refractivity contribution is 5.95. The molecule has 1 saturated heterocycles. The Morgan fingerprint density at radius 3 is 3.14 bits per heavy atom. The summed E-state index contributed by atoms with van der Waals surface area (Å²) in [6.07, 6.45) is 2.21. The van der Waals surface area contributed by atoms with Crippen molar-refractivity contribution in [1.29, 1.82) is 0 Å². The molecule has 2 aromatic rings. The summed E-state index contributed by atoms with van der Waals surface area (Å²) >= 11 is 0. The average molecular weight is 287 g/mol. The zero-order valence-electron chi connectivity index (χ0n) is 11.8. The fourth-order valence-corrected chi connectivity index (χ4v) is 2.39. The topological polar surface area (TPSA) is 81.9 Å². The lowest BCUT2D eigenvalue weighted by Crippen LogP contribution is -2.31. The molecule has 110 valence electrons. The molecule has 1 aliphatic rings. The van der Waals surface area contributed by atoms with Crippen LogP contribution in [0.3, 0.4) is 0 Å². The van der Waals surface area contributed by atoms with Crippen molar-refractivity contribution in [3.8, 4) is 11.4 Å². The van der Waals surface area contributed by atoms with Gasteiger partial charge in [0.15, 0.2) is 5.82 Å². The van der Waals surface area contributed by atoms with Crippen molar-refractivity contribution in [2.45, 2.75) is 18.9 Å². The molecule has 1 unspecified atom stereocenters. The highest BCUT2D eigenvalue weighted by Crippen LogP contribution is 2.17. The van der Waals surface area contributed by atoms with Gasteiger partial charge in [0.25, 0.3) is 5.91 Å². The lowest BCUT2D eigenvalue weighted by Gasteiger charge is -2.11. The number of nitrogens with zero attached hydrogens (tertiary/aromatic N) is 4. The van der Waals surface area contributed by atoms with Gasteiger partial charge in [-0.1, -0.05) is 12.1 Å². The Balaban J connectivity index is 1.70. The minimum atomic E-state index is -0.109. The predicted octanol–water partition coefficient (Wildman–Crippen LogP) is 0.786. The van der Waals surface area contributed by atoms with E-state index in [1.165, 1.54) is 0 Å². The van der Waals surface area contributed by atoms with Crippen molar-refractivity contribution in [2.24, 2.45) is 7.05 Å². The second-order valence-corrected chi connectivity index (χ2v) is 5.05. The number of rotatable bonds is 4. The van der Waals surface area contributed by atoms with E-state index in [1.807, 2.05) is 12.1 Å². The molecule has 1 atom stereocenters. The maximum Gasteiger partial charge on any atom is 0.251 e. The van der Waals surface area contributed by atoms with Crippen LogP contribution in [-0.4, -0.2) is 45.4 Å². The molecule has 1 N–H and O–H groups in total. The van der Waals surface area contributed by atoms with Crippen LogP contribution in [0.25, 0.3) is 11.4 Å². The molecule has 1 aromatic carbocycles. The van der Waals surface area contributed by atoms with Gasteiger partial charge in [0, 0.05) is 31.3 Å². The van der Waals surface area contributed by atoms with E-state index in [-0.39, 0.29) is 12.0 Å². The number of benzene rings is 1. The van der Waals surface area contributed by atoms with Gasteiger partial charge >= 0.3 is 0 Å². The zero-order chi connectivity index (χ0) is 14.7. The molecule has 1 fully saturated rings. The van der Waals surface area contributed by atoms with Crippen molar-refractivity contribution < 1.29 is 9.53 Å². The monoisotopic (exact) mass is 287 g/mol. The molecule has 0 aliphatic carbocycles. The predicted molar refractivity (Wildman–Crippen MR) is 75.5 cm³/mol. The van der Waals surface area contributed by atoms with Crippen LogP contribution in [0.2, 0.25) is 0 Å². The van der Waals surface area contributed by atoms with Crippen LogP contribution < -0.4 is 5.32 Å². The van der Waals surface area contributed by atoms with E-state index in [0.717, 1.165) is 25.0 Å². The maximum absolute atomic E-state index is 12.2. The SMILES string of the molecule is Cn1nnnc1-c1cccc(C(=O)NCC2CCCO2)c1. The van der Waals surface area contributed by atoms with Gasteiger partial charge in [0.1, 0.15) is 0 Å². The quantitative estimate of drug-likeness (QED) is 0.899. The number of tetrazole rings is 1. The molecule has 2 heterocycles. The van der Waals surface area contributed by atoms with Gasteiger partial charge in [-0.2, -0.15) is 0 Å². The van der Waals surface area contributed by atoms with Gasteiger partial charge in [-0.15, -0.1) is 5.10 Å². The number of carbonyl (C=O) groups excluding carboxylic acids is 1. The van der Waals surface area contributed by atoms with Gasteiger partial charge in [0.05, 0.1) is 6.10 Å². The van der Waals surface area contributed by atoms with E-state index in [9.17, 15) is 4.79 Å². The molecule has 0 saturated carbocycles. The van der Waals surface area contributed by atoms with Gasteiger partial charge in [-0.05, 0) is 35.4 Å². The Kier molecular flexibility index (Phi) is 3.92. The molecule has 7 nitrogen and oxygen atoms in total. The standard InChI is InChI=1S/C14H17N5O2/c1-19-13(16-17-18-19)10-4-2-5-11(8-10)14(20)15-9-12-6-3-7-21-12/h2,4-5,8,12H,3,6-7,9H2,1H3,(H,15,20). The van der Waals surface area contributed by atoms with Crippen LogP contribution in [0.15, 0.2) is 24.3 Å². The largest absolute Gasteiger partial charge is 0.376 e. The molecule has 1 aromatic heterocycles. The summed E-state index contributed by atoms with van der Waals surface area (Å²) in [5.74, 6) is 0.520. The average Bonchev–Trinajstić information content (AvgIpc) is 3.16. The van der Waals surface area contributed by atoms with E-state index in [4.69, 9.17) is 4.74 Å². The Bertz CT molecular complexity index is 634. The van der Waals surface area contributed by atoms with Crippen LogP contribution >= 0.6 is 0 Å². The fraction of sp³-hybridized carbons (Fsp3) is 0.429. The first-order valence-corrected chi connectivity index (χ1v) is 6.96. The number of nitrogens with one attached hydrogen (secondary N) is 1. The number of amides is 1. The van der Waals surface area contributed by atoms with Gasteiger partial charge in [-0.25, -0.2) is 4.68 Å². The highest BCUT2D eigenvalue weighted by atomic mass is 16.5. The van der Waals surface area contributed by atoms with E-state index in [2.05, 4.69) is 20.8 Å². The van der Waals surface area contributed by atoms with E-state index >= 15 is 0 Å². The number of aromatic nitrogens is 4. The summed E-state index contributed by atoms with van der Waals surface area (Å²) in [5.41, 5.74) is 1.40. The molecule has 3 rings (SSSR count). The smallest absolute Gasteiger partial charge is 0.251 e. The molecule has 7 heteroatoms. The molecule has 1 amide bonds. The second kappa shape index (κ2) is 6.01. The van der Waals surface area contributed by atoms with Crippen LogP contribution in [0.5, 0.6) is 0 Å². The molecule has 0 spiro atoms. The third kappa shape index (κ3) is 3.08. The van der Waals surface area contributed by atoms with Crippen molar-refractivity contribution in [3.63, 3.8) is 0 Å². The molecule has 0 radical (unpaired) electrons. The van der Waals surface area contributed by atoms with Gasteiger partial charge < -0.3 is 10.1 Å². The minimum Gasteiger partial charge on any atom is -0.376 e. The minimum absolute atomic E-state index is 0.109. The summed E-state index contributed by atoms with van der Waals surface area (Å²) in [7, 11) is 1.76. The third-order valence-electron chi connectivity index (χ3n) is 3.52. The summed E-state index contributed by atoms with van der Waals surface area (Å²) in [6.45, 7) is 1.34. The van der Waals surface area contributed by atoms with Crippen LogP contribution in [-0.2, 0) is 11.8 Å². The van der Waals surface area contributed by atoms with Gasteiger partial charge in [0.2, 0.25) is 0 Å². The van der Waals surface area contributed by atoms with Crippen LogP contribution in [0.1, 0.15) is 23.2 Å². The number of hydrogen-bond donors (Lipinski definition) is 1. The van der Waals surface area contributed by atoms with Crippen molar-refractivity contribution in [2.75, 3.05) is 13.2 Å². The molecule has 1 aliphatic heterocycles. The first kappa shape index (κ1) is 13.7. The van der Waals surface area contributed by atoms with Crippen LogP contribution in [0.4, 0.5) is 0 Å². The summed E-state index contributed by atoms with van der Waals surface area (Å²) in [4.78, 5) is 12.2. The summed E-state index contributed by atoms with van der Waals surface area (Å²) in [5, 5.41) is 14.3. The van der Waals surface area contributed by atoms with Crippen molar-refractivity contribution >= 4 is 5.91 Å². The summed E-state index contributed by atoms with van der Waals surface area (Å²) < 4.78 is 7.07. The fourth-order valence-electron chi connectivity index (χ4n) is 2.39. The Morgan fingerprint density at radius 2 is 2.43 bits per heavy atom. The number of ether oxygens (including phenoxy) is 1. The molecule has 0 bridgehead atoms. The molecular formula is C14H17N5O2. The second-order valence-electron chi connectivity index (χ2n) is 5.05. The van der Waals surface area contributed by atoms with E-state index < -0.39 is 0 Å². The highest BCUT2D eigenvalue weighted by Gasteiger charge is 2.17. The number of aryl methyl sites for hydroxylation is 1. The molecule has 21 heavy (non-hydrogen) atoms. The zero-order valence-corrected chi connectivity index (χ0v) is 11.8. The van der Waals surface area contributed by atoms with E-state index in [0.29, 0.717) is 17.9 Å². The molecular weight excluding hydrogens is 270 g/mol. The van der Waals surface area contributed by atoms with Gasteiger partial charge in [-0.3, -0.25) is 4.79 Å². The van der Waals surface area contributed by atoms with Crippen molar-refractivity contribution in [1.82, 2.24) is 25.5 Å². The first-order chi connectivity index (χ1) is 10.2. The first-order valence-electron chi connectivity index (χ1n) is 6.96. The van der Waals surface area contributed by atoms with Crippen LogP contribution in [0, 0.1) is 0 Å². The lowest BCUT2D eigenvalue weighted by atomic mass is 10.1. The Morgan fingerprint density at radius 1 is 1.52 bits per heavy atom.